The third-order valence-electron chi connectivity index (χ3n) is 4.32. The van der Waals surface area contributed by atoms with Gasteiger partial charge in [-0.2, -0.15) is 5.10 Å². The third kappa shape index (κ3) is 2.21. The zero-order chi connectivity index (χ0) is 15.3. The Hall–Kier alpha value is -1.85. The van der Waals surface area contributed by atoms with Crippen LogP contribution >= 0.6 is 11.6 Å². The Morgan fingerprint density at radius 1 is 1.05 bits per heavy atom. The van der Waals surface area contributed by atoms with Gasteiger partial charge in [-0.05, 0) is 25.2 Å². The number of pyridine rings is 1. The van der Waals surface area contributed by atoms with Crippen molar-refractivity contribution in [2.24, 2.45) is 7.05 Å². The van der Waals surface area contributed by atoms with Crippen molar-refractivity contribution in [2.75, 3.05) is 38.1 Å². The monoisotopic (exact) mass is 315 g/mol. The Morgan fingerprint density at radius 2 is 1.82 bits per heavy atom. The minimum absolute atomic E-state index is 0.729. The average molecular weight is 316 g/mol. The highest BCUT2D eigenvalue weighted by Gasteiger charge is 2.20. The lowest BCUT2D eigenvalue weighted by Crippen LogP contribution is -2.44. The second-order valence-corrected chi connectivity index (χ2v) is 6.39. The number of rotatable bonds is 1. The minimum atomic E-state index is 0.729. The summed E-state index contributed by atoms with van der Waals surface area (Å²) in [6.07, 6.45) is 2.05. The number of nitrogens with zero attached hydrogens (tertiary/aromatic N) is 5. The number of hydrogen-bond acceptors (Lipinski definition) is 4. The molecule has 0 atom stereocenters. The van der Waals surface area contributed by atoms with Crippen molar-refractivity contribution in [3.63, 3.8) is 0 Å². The first-order chi connectivity index (χ1) is 10.6. The molecule has 1 aliphatic heterocycles. The molecule has 114 valence electrons. The smallest absolute Gasteiger partial charge is 0.157 e. The van der Waals surface area contributed by atoms with Crippen LogP contribution in [0.5, 0.6) is 0 Å². The molecule has 0 radical (unpaired) electrons. The highest BCUT2D eigenvalue weighted by Crippen LogP contribution is 2.32. The van der Waals surface area contributed by atoms with Crippen LogP contribution in [-0.2, 0) is 7.05 Å². The molecule has 3 aromatic rings. The zero-order valence-electron chi connectivity index (χ0n) is 12.8. The predicted molar refractivity (Wildman–Crippen MR) is 90.7 cm³/mol. The molecule has 22 heavy (non-hydrogen) atoms. The van der Waals surface area contributed by atoms with E-state index in [1.54, 1.807) is 0 Å². The van der Waals surface area contributed by atoms with Crippen molar-refractivity contribution in [2.45, 2.75) is 0 Å². The summed E-state index contributed by atoms with van der Waals surface area (Å²) in [6, 6.07) is 5.86. The maximum atomic E-state index is 6.16. The lowest BCUT2D eigenvalue weighted by molar-refractivity contribution is 0.312. The first kappa shape index (κ1) is 13.8. The highest BCUT2D eigenvalue weighted by atomic mass is 35.5. The maximum absolute atomic E-state index is 6.16. The lowest BCUT2D eigenvalue weighted by Gasteiger charge is -2.33. The molecular formula is C16H18ClN5. The molecule has 0 N–H and O–H groups in total. The van der Waals surface area contributed by atoms with Gasteiger partial charge in [0.25, 0.3) is 0 Å². The van der Waals surface area contributed by atoms with Crippen LogP contribution in [0.1, 0.15) is 0 Å². The first-order valence-electron chi connectivity index (χ1n) is 7.48. The average Bonchev–Trinajstić information content (AvgIpc) is 2.89. The molecule has 5 nitrogen and oxygen atoms in total. The van der Waals surface area contributed by atoms with E-state index in [4.69, 9.17) is 16.6 Å². The van der Waals surface area contributed by atoms with Gasteiger partial charge in [-0.15, -0.1) is 0 Å². The molecule has 1 aliphatic rings. The Labute approximate surface area is 134 Å². The number of hydrogen-bond donors (Lipinski definition) is 0. The number of fused-ring (bicyclic) bond motifs is 3. The van der Waals surface area contributed by atoms with Crippen LogP contribution < -0.4 is 4.90 Å². The highest BCUT2D eigenvalue weighted by molar-refractivity contribution is 6.31. The van der Waals surface area contributed by atoms with Gasteiger partial charge < -0.3 is 9.80 Å². The summed E-state index contributed by atoms with van der Waals surface area (Å²) in [5.74, 6) is 0.985. The van der Waals surface area contributed by atoms with Crippen molar-refractivity contribution in [1.29, 1.82) is 0 Å². The minimum Gasteiger partial charge on any atom is -0.352 e. The molecule has 0 saturated carbocycles. The normalized spacial score (nSPS) is 16.8. The van der Waals surface area contributed by atoms with E-state index >= 15 is 0 Å². The number of aryl methyl sites for hydroxylation is 1. The number of halogens is 1. The number of anilines is 1. The van der Waals surface area contributed by atoms with Gasteiger partial charge in [0, 0.05) is 55.2 Å². The van der Waals surface area contributed by atoms with Crippen molar-refractivity contribution in [3.8, 4) is 0 Å². The van der Waals surface area contributed by atoms with E-state index in [0.29, 0.717) is 0 Å². The number of piperazine rings is 1. The second-order valence-electron chi connectivity index (χ2n) is 5.95. The number of aromatic nitrogens is 3. The van der Waals surface area contributed by atoms with Gasteiger partial charge in [0.05, 0.1) is 5.52 Å². The molecule has 0 amide bonds. The van der Waals surface area contributed by atoms with Gasteiger partial charge in [-0.1, -0.05) is 11.6 Å². The van der Waals surface area contributed by atoms with E-state index < -0.39 is 0 Å². The molecule has 0 unspecified atom stereocenters. The van der Waals surface area contributed by atoms with Crippen LogP contribution in [0.4, 0.5) is 5.82 Å². The van der Waals surface area contributed by atoms with Crippen LogP contribution in [0, 0.1) is 0 Å². The molecule has 1 aromatic carbocycles. The largest absolute Gasteiger partial charge is 0.352 e. The van der Waals surface area contributed by atoms with E-state index in [2.05, 4.69) is 28.1 Å². The summed E-state index contributed by atoms with van der Waals surface area (Å²) in [5, 5.41) is 7.55. The first-order valence-corrected chi connectivity index (χ1v) is 7.86. The van der Waals surface area contributed by atoms with Gasteiger partial charge in [0.15, 0.2) is 5.82 Å². The lowest BCUT2D eigenvalue weighted by atomic mass is 10.1. The standard InChI is InChI=1S/C16H18ClN5/c1-20-5-7-22(8-6-20)16-15-13(10-21(2)19-15)12-9-11(17)3-4-14(12)18-16/h3-4,9-10H,5-8H2,1-2H3. The molecule has 1 fully saturated rings. The summed E-state index contributed by atoms with van der Waals surface area (Å²) in [7, 11) is 4.10. The summed E-state index contributed by atoms with van der Waals surface area (Å²) in [6.45, 7) is 4.06. The molecule has 1 saturated heterocycles. The fourth-order valence-corrected chi connectivity index (χ4v) is 3.25. The van der Waals surface area contributed by atoms with Gasteiger partial charge in [0.1, 0.15) is 5.52 Å². The predicted octanol–water partition coefficient (Wildman–Crippen LogP) is 2.53. The van der Waals surface area contributed by atoms with Gasteiger partial charge in [0.2, 0.25) is 0 Å². The number of likely N-dealkylation sites (N-methyl/N-ethyl adjacent to an activating group) is 1. The Bertz CT molecular complexity index is 848. The third-order valence-corrected chi connectivity index (χ3v) is 4.55. The molecular weight excluding hydrogens is 298 g/mol. The summed E-state index contributed by atoms with van der Waals surface area (Å²) in [4.78, 5) is 9.56. The maximum Gasteiger partial charge on any atom is 0.157 e. The fraction of sp³-hybridized carbons (Fsp3) is 0.375. The molecule has 0 bridgehead atoms. The van der Waals surface area contributed by atoms with E-state index in [1.165, 1.54) is 0 Å². The Morgan fingerprint density at radius 3 is 2.59 bits per heavy atom. The molecule has 3 heterocycles. The summed E-state index contributed by atoms with van der Waals surface area (Å²) >= 11 is 6.16. The molecule has 6 heteroatoms. The SMILES string of the molecule is CN1CCN(c2nc3ccc(Cl)cc3c3cn(C)nc23)CC1. The van der Waals surface area contributed by atoms with Crippen molar-refractivity contribution < 1.29 is 0 Å². The van der Waals surface area contributed by atoms with Crippen molar-refractivity contribution in [3.05, 3.63) is 29.4 Å². The van der Waals surface area contributed by atoms with Gasteiger partial charge in [-0.25, -0.2) is 4.98 Å². The molecule has 0 aliphatic carbocycles. The number of benzene rings is 1. The van der Waals surface area contributed by atoms with Crippen LogP contribution in [-0.4, -0.2) is 52.9 Å². The van der Waals surface area contributed by atoms with E-state index in [0.717, 1.165) is 58.8 Å². The van der Waals surface area contributed by atoms with Crippen LogP contribution in [0.25, 0.3) is 21.8 Å². The Kier molecular flexibility index (Phi) is 3.20. The molecule has 2 aromatic heterocycles. The van der Waals surface area contributed by atoms with Crippen molar-refractivity contribution >= 4 is 39.2 Å². The van der Waals surface area contributed by atoms with Crippen LogP contribution in [0.3, 0.4) is 0 Å². The van der Waals surface area contributed by atoms with E-state index in [-0.39, 0.29) is 0 Å². The Balaban J connectivity index is 1.94. The van der Waals surface area contributed by atoms with E-state index in [1.807, 2.05) is 29.9 Å². The second kappa shape index (κ2) is 5.11. The quantitative estimate of drug-likeness (QED) is 0.691. The topological polar surface area (TPSA) is 37.2 Å². The van der Waals surface area contributed by atoms with Gasteiger partial charge >= 0.3 is 0 Å². The van der Waals surface area contributed by atoms with Crippen molar-refractivity contribution in [1.82, 2.24) is 19.7 Å². The zero-order valence-corrected chi connectivity index (χ0v) is 13.5. The fourth-order valence-electron chi connectivity index (χ4n) is 3.08. The molecule has 0 spiro atoms. The molecule has 4 rings (SSSR count). The van der Waals surface area contributed by atoms with Gasteiger partial charge in [-0.3, -0.25) is 4.68 Å². The van der Waals surface area contributed by atoms with E-state index in [9.17, 15) is 0 Å². The summed E-state index contributed by atoms with van der Waals surface area (Å²) < 4.78 is 1.85. The van der Waals surface area contributed by atoms with Crippen LogP contribution in [0.2, 0.25) is 5.02 Å². The summed E-state index contributed by atoms with van der Waals surface area (Å²) in [5.41, 5.74) is 1.93. The van der Waals surface area contributed by atoms with Crippen LogP contribution in [0.15, 0.2) is 24.4 Å².